The number of halogens is 2. The smallest absolute Gasteiger partial charge is 0.238 e. The van der Waals surface area contributed by atoms with Gasteiger partial charge in [-0.15, -0.1) is 11.3 Å². The van der Waals surface area contributed by atoms with E-state index in [0.29, 0.717) is 19.6 Å². The van der Waals surface area contributed by atoms with Gasteiger partial charge in [0.05, 0.1) is 9.21 Å². The third kappa shape index (κ3) is 2.17. The summed E-state index contributed by atoms with van der Waals surface area (Å²) in [6, 6.07) is 5.09. The van der Waals surface area contributed by atoms with E-state index in [2.05, 4.69) is 15.9 Å². The first-order valence-electron chi connectivity index (χ1n) is 4.14. The van der Waals surface area contributed by atoms with E-state index in [1.807, 2.05) is 6.92 Å². The van der Waals surface area contributed by atoms with Crippen molar-refractivity contribution in [2.75, 3.05) is 0 Å². The number of carbonyl (C=O) groups excluding carboxylic acids is 1. The first-order chi connectivity index (χ1) is 7.08. The zero-order valence-electron chi connectivity index (χ0n) is 7.71. The summed E-state index contributed by atoms with van der Waals surface area (Å²) in [4.78, 5) is 12.5. The van der Waals surface area contributed by atoms with Crippen LogP contribution in [0, 0.1) is 6.92 Å². The molecule has 0 atom stereocenters. The number of rotatable bonds is 2. The van der Waals surface area contributed by atoms with E-state index in [4.69, 9.17) is 16.0 Å². The van der Waals surface area contributed by atoms with Gasteiger partial charge in [0.2, 0.25) is 5.78 Å². The van der Waals surface area contributed by atoms with Crippen LogP contribution in [0.1, 0.15) is 21.0 Å². The SMILES string of the molecule is Cc1cc(C(=O)c2ccc(Br)o2)sc1Cl. The zero-order chi connectivity index (χ0) is 11.0. The Hall–Kier alpha value is -0.580. The fourth-order valence-electron chi connectivity index (χ4n) is 1.13. The maximum absolute atomic E-state index is 11.9. The van der Waals surface area contributed by atoms with Crippen molar-refractivity contribution in [2.45, 2.75) is 6.92 Å². The number of aryl methyl sites for hydroxylation is 1. The highest BCUT2D eigenvalue weighted by molar-refractivity contribution is 9.10. The number of hydrogen-bond acceptors (Lipinski definition) is 3. The van der Waals surface area contributed by atoms with Crippen LogP contribution in [0.5, 0.6) is 0 Å². The highest BCUT2D eigenvalue weighted by Crippen LogP contribution is 2.29. The van der Waals surface area contributed by atoms with Crippen molar-refractivity contribution < 1.29 is 9.21 Å². The summed E-state index contributed by atoms with van der Waals surface area (Å²) in [5.41, 5.74) is 0.913. The molecule has 0 saturated heterocycles. The highest BCUT2D eigenvalue weighted by Gasteiger charge is 2.16. The van der Waals surface area contributed by atoms with Crippen LogP contribution in [-0.2, 0) is 0 Å². The summed E-state index contributed by atoms with van der Waals surface area (Å²) < 4.78 is 6.37. The van der Waals surface area contributed by atoms with Gasteiger partial charge in [0.1, 0.15) is 0 Å². The molecule has 0 aromatic carbocycles. The molecule has 0 fully saturated rings. The van der Waals surface area contributed by atoms with Gasteiger partial charge in [0.25, 0.3) is 0 Å². The summed E-state index contributed by atoms with van der Waals surface area (Å²) in [7, 11) is 0. The Morgan fingerprint density at radius 2 is 2.27 bits per heavy atom. The Bertz CT molecular complexity index is 496. The van der Waals surface area contributed by atoms with Crippen molar-refractivity contribution in [2.24, 2.45) is 0 Å². The quantitative estimate of drug-likeness (QED) is 0.775. The minimum Gasteiger partial charge on any atom is -0.446 e. The normalized spacial score (nSPS) is 10.6. The Labute approximate surface area is 104 Å². The van der Waals surface area contributed by atoms with Gasteiger partial charge in [0.15, 0.2) is 10.4 Å². The predicted octanol–water partition coefficient (Wildman–Crippen LogP) is 4.30. The average Bonchev–Trinajstić information content (AvgIpc) is 2.74. The maximum atomic E-state index is 11.9. The first kappa shape index (κ1) is 10.9. The Morgan fingerprint density at radius 1 is 1.53 bits per heavy atom. The molecular formula is C10H6BrClO2S. The second kappa shape index (κ2) is 4.12. The third-order valence-corrected chi connectivity index (χ3v) is 3.86. The van der Waals surface area contributed by atoms with Crippen LogP contribution >= 0.6 is 38.9 Å². The van der Waals surface area contributed by atoms with Crippen molar-refractivity contribution in [3.8, 4) is 0 Å². The second-order valence-electron chi connectivity index (χ2n) is 3.00. The molecule has 0 aliphatic heterocycles. The Kier molecular flexibility index (Phi) is 3.00. The molecule has 2 nitrogen and oxygen atoms in total. The number of ketones is 1. The molecule has 0 bridgehead atoms. The summed E-state index contributed by atoms with van der Waals surface area (Å²) in [5, 5.41) is 0. The lowest BCUT2D eigenvalue weighted by Crippen LogP contribution is -1.95. The predicted molar refractivity (Wildman–Crippen MR) is 63.9 cm³/mol. The van der Waals surface area contributed by atoms with E-state index < -0.39 is 0 Å². The van der Waals surface area contributed by atoms with Gasteiger partial charge in [0, 0.05) is 0 Å². The van der Waals surface area contributed by atoms with Gasteiger partial charge in [-0.3, -0.25) is 4.79 Å². The van der Waals surface area contributed by atoms with Crippen molar-refractivity contribution >= 4 is 44.7 Å². The fraction of sp³-hybridized carbons (Fsp3) is 0.100. The number of thiophene rings is 1. The molecule has 5 heteroatoms. The average molecular weight is 306 g/mol. The molecular weight excluding hydrogens is 300 g/mol. The molecule has 2 aromatic heterocycles. The lowest BCUT2D eigenvalue weighted by molar-refractivity contribution is 0.101. The molecule has 2 rings (SSSR count). The molecule has 15 heavy (non-hydrogen) atoms. The lowest BCUT2D eigenvalue weighted by atomic mass is 10.2. The standard InChI is InChI=1S/C10H6BrClO2S/c1-5-4-7(15-10(5)12)9(13)6-2-3-8(11)14-6/h2-4H,1H3. The minimum atomic E-state index is -0.138. The molecule has 0 unspecified atom stereocenters. The fourth-order valence-corrected chi connectivity index (χ4v) is 2.58. The van der Waals surface area contributed by atoms with Crippen molar-refractivity contribution in [1.29, 1.82) is 0 Å². The lowest BCUT2D eigenvalue weighted by Gasteiger charge is -1.90. The maximum Gasteiger partial charge on any atom is 0.238 e. The van der Waals surface area contributed by atoms with Crippen molar-refractivity contribution in [1.82, 2.24) is 0 Å². The zero-order valence-corrected chi connectivity index (χ0v) is 10.9. The van der Waals surface area contributed by atoms with Gasteiger partial charge in [-0.05, 0) is 46.6 Å². The summed E-state index contributed by atoms with van der Waals surface area (Å²) in [6.45, 7) is 1.87. The van der Waals surface area contributed by atoms with Crippen molar-refractivity contribution in [3.63, 3.8) is 0 Å². The summed E-state index contributed by atoms with van der Waals surface area (Å²) in [5.74, 6) is 0.181. The van der Waals surface area contributed by atoms with E-state index in [1.165, 1.54) is 11.3 Å². The number of carbonyl (C=O) groups is 1. The highest BCUT2D eigenvalue weighted by atomic mass is 79.9. The van der Waals surface area contributed by atoms with E-state index >= 15 is 0 Å². The van der Waals surface area contributed by atoms with Crippen LogP contribution in [0.15, 0.2) is 27.3 Å². The van der Waals surface area contributed by atoms with Crippen molar-refractivity contribution in [3.05, 3.63) is 43.4 Å². The van der Waals surface area contributed by atoms with Crippen LogP contribution < -0.4 is 0 Å². The van der Waals surface area contributed by atoms with Gasteiger partial charge >= 0.3 is 0 Å². The number of furan rings is 1. The minimum absolute atomic E-state index is 0.138. The van der Waals surface area contributed by atoms with Gasteiger partial charge in [-0.25, -0.2) is 0 Å². The van der Waals surface area contributed by atoms with Crippen LogP contribution in [0.2, 0.25) is 4.34 Å². The van der Waals surface area contributed by atoms with Crippen LogP contribution in [0.3, 0.4) is 0 Å². The van der Waals surface area contributed by atoms with Gasteiger partial charge < -0.3 is 4.42 Å². The molecule has 0 aliphatic rings. The van der Waals surface area contributed by atoms with E-state index in [1.54, 1.807) is 18.2 Å². The molecule has 0 spiro atoms. The third-order valence-electron chi connectivity index (χ3n) is 1.88. The van der Waals surface area contributed by atoms with E-state index in [9.17, 15) is 4.79 Å². The summed E-state index contributed by atoms with van der Waals surface area (Å²) in [6.07, 6.45) is 0. The first-order valence-corrected chi connectivity index (χ1v) is 6.12. The largest absolute Gasteiger partial charge is 0.446 e. The van der Waals surface area contributed by atoms with Crippen LogP contribution in [-0.4, -0.2) is 5.78 Å². The molecule has 2 aromatic rings. The molecule has 0 radical (unpaired) electrons. The molecule has 0 N–H and O–H groups in total. The monoisotopic (exact) mass is 304 g/mol. The molecule has 0 aliphatic carbocycles. The topological polar surface area (TPSA) is 30.2 Å². The Morgan fingerprint density at radius 3 is 2.73 bits per heavy atom. The van der Waals surface area contributed by atoms with Gasteiger partial charge in [-0.2, -0.15) is 0 Å². The summed E-state index contributed by atoms with van der Waals surface area (Å²) >= 11 is 10.3. The Balaban J connectivity index is 2.36. The molecule has 0 amide bonds. The molecule has 2 heterocycles. The molecule has 0 saturated carbocycles. The number of hydrogen-bond donors (Lipinski definition) is 0. The second-order valence-corrected chi connectivity index (χ2v) is 5.44. The van der Waals surface area contributed by atoms with Crippen LogP contribution in [0.25, 0.3) is 0 Å². The molecule has 78 valence electrons. The van der Waals surface area contributed by atoms with Gasteiger partial charge in [-0.1, -0.05) is 11.6 Å². The van der Waals surface area contributed by atoms with E-state index in [-0.39, 0.29) is 5.78 Å². The van der Waals surface area contributed by atoms with E-state index in [0.717, 1.165) is 5.56 Å². The van der Waals surface area contributed by atoms with Crippen LogP contribution in [0.4, 0.5) is 0 Å².